The summed E-state index contributed by atoms with van der Waals surface area (Å²) in [5.41, 5.74) is 0.293. The molecule has 1 aliphatic rings. The second kappa shape index (κ2) is 10.4. The summed E-state index contributed by atoms with van der Waals surface area (Å²) >= 11 is 0. The Balaban J connectivity index is 1.45. The second-order valence-electron chi connectivity index (χ2n) is 7.00. The van der Waals surface area contributed by atoms with E-state index in [9.17, 15) is 18.0 Å². The van der Waals surface area contributed by atoms with Gasteiger partial charge in [-0.15, -0.1) is 0 Å². The predicted molar refractivity (Wildman–Crippen MR) is 109 cm³/mol. The van der Waals surface area contributed by atoms with Crippen LogP contribution in [0.1, 0.15) is 27.9 Å². The number of benzene rings is 2. The largest absolute Gasteiger partial charge is 0.494 e. The zero-order valence-electron chi connectivity index (χ0n) is 16.5. The Bertz CT molecular complexity index is 839. The first kappa shape index (κ1) is 22.1. The number of carbonyl (C=O) groups excluding carboxylic acids is 1. The van der Waals surface area contributed by atoms with Crippen LogP contribution in [0.15, 0.2) is 54.6 Å². The van der Waals surface area contributed by atoms with Crippen molar-refractivity contribution in [2.24, 2.45) is 0 Å². The van der Waals surface area contributed by atoms with Gasteiger partial charge in [-0.05, 0) is 54.5 Å². The number of rotatable bonds is 8. The van der Waals surface area contributed by atoms with Crippen molar-refractivity contribution in [1.29, 1.82) is 0 Å². The molecule has 4 nitrogen and oxygen atoms in total. The van der Waals surface area contributed by atoms with Gasteiger partial charge in [-0.1, -0.05) is 18.2 Å². The molecule has 3 rings (SSSR count). The van der Waals surface area contributed by atoms with Crippen LogP contribution in [0.3, 0.4) is 0 Å². The maximum absolute atomic E-state index is 12.6. The molecule has 7 heteroatoms. The number of alkyl halides is 3. The second-order valence-corrected chi connectivity index (χ2v) is 7.00. The van der Waals surface area contributed by atoms with Crippen LogP contribution in [-0.2, 0) is 10.9 Å². The molecule has 0 aliphatic carbocycles. The van der Waals surface area contributed by atoms with Gasteiger partial charge in [0.2, 0.25) is 0 Å². The fourth-order valence-electron chi connectivity index (χ4n) is 3.07. The van der Waals surface area contributed by atoms with Crippen LogP contribution in [0, 0.1) is 0 Å². The van der Waals surface area contributed by atoms with Gasteiger partial charge in [0.05, 0.1) is 25.4 Å². The Morgan fingerprint density at radius 3 is 2.33 bits per heavy atom. The van der Waals surface area contributed by atoms with E-state index in [1.54, 1.807) is 24.3 Å². The number of carbonyl (C=O) groups is 1. The lowest BCUT2D eigenvalue weighted by atomic mass is 10.1. The quantitative estimate of drug-likeness (QED) is 0.353. The van der Waals surface area contributed by atoms with Gasteiger partial charge in [-0.2, -0.15) is 13.2 Å². The molecule has 0 atom stereocenters. The molecule has 0 spiro atoms. The van der Waals surface area contributed by atoms with Crippen LogP contribution in [0.2, 0.25) is 0 Å². The zero-order chi connectivity index (χ0) is 21.4. The Morgan fingerprint density at radius 1 is 1.03 bits per heavy atom. The minimum atomic E-state index is -4.37. The molecule has 160 valence electrons. The van der Waals surface area contributed by atoms with Crippen molar-refractivity contribution < 1.29 is 27.4 Å². The molecule has 1 saturated heterocycles. The summed E-state index contributed by atoms with van der Waals surface area (Å²) in [6.07, 6.45) is -0.611. The highest BCUT2D eigenvalue weighted by Crippen LogP contribution is 2.29. The topological polar surface area (TPSA) is 38.8 Å². The van der Waals surface area contributed by atoms with Crippen molar-refractivity contribution in [3.05, 3.63) is 71.3 Å². The van der Waals surface area contributed by atoms with E-state index in [1.165, 1.54) is 24.3 Å². The van der Waals surface area contributed by atoms with E-state index in [1.807, 2.05) is 0 Å². The molecule has 1 aliphatic heterocycles. The van der Waals surface area contributed by atoms with Gasteiger partial charge in [0.1, 0.15) is 5.75 Å². The number of ether oxygens (including phenoxy) is 2. The molecule has 0 N–H and O–H groups in total. The SMILES string of the molecule is O=C(C=Cc1ccc(C(F)(F)F)cc1)c1ccc(OCCCN2CCOCC2)cc1. The lowest BCUT2D eigenvalue weighted by Crippen LogP contribution is -2.37. The van der Waals surface area contributed by atoms with Crippen LogP contribution < -0.4 is 4.74 Å². The number of hydrogen-bond acceptors (Lipinski definition) is 4. The first-order valence-electron chi connectivity index (χ1n) is 9.84. The lowest BCUT2D eigenvalue weighted by Gasteiger charge is -2.26. The number of allylic oxidation sites excluding steroid dienone is 1. The third-order valence-electron chi connectivity index (χ3n) is 4.80. The van der Waals surface area contributed by atoms with Gasteiger partial charge in [-0.25, -0.2) is 0 Å². The van der Waals surface area contributed by atoms with Gasteiger partial charge in [0.15, 0.2) is 5.78 Å². The summed E-state index contributed by atoms with van der Waals surface area (Å²) in [6.45, 7) is 5.04. The van der Waals surface area contributed by atoms with E-state index >= 15 is 0 Å². The monoisotopic (exact) mass is 419 g/mol. The summed E-state index contributed by atoms with van der Waals surface area (Å²) in [6, 6.07) is 11.5. The summed E-state index contributed by atoms with van der Waals surface area (Å²) in [5.74, 6) is 0.467. The fourth-order valence-corrected chi connectivity index (χ4v) is 3.07. The third kappa shape index (κ3) is 6.71. The Morgan fingerprint density at radius 2 is 1.70 bits per heavy atom. The van der Waals surface area contributed by atoms with Gasteiger partial charge in [-0.3, -0.25) is 9.69 Å². The average molecular weight is 419 g/mol. The summed E-state index contributed by atoms with van der Waals surface area (Å²) < 4.78 is 48.8. The van der Waals surface area contributed by atoms with E-state index in [2.05, 4.69) is 4.90 Å². The van der Waals surface area contributed by atoms with Gasteiger partial charge < -0.3 is 9.47 Å². The number of ketones is 1. The average Bonchev–Trinajstić information content (AvgIpc) is 2.76. The van der Waals surface area contributed by atoms with Gasteiger partial charge in [0.25, 0.3) is 0 Å². The molecule has 0 radical (unpaired) electrons. The predicted octanol–water partition coefficient (Wildman–Crippen LogP) is 4.70. The summed E-state index contributed by atoms with van der Waals surface area (Å²) in [5, 5.41) is 0. The van der Waals surface area contributed by atoms with E-state index in [-0.39, 0.29) is 5.78 Å². The molecular weight excluding hydrogens is 395 g/mol. The zero-order valence-corrected chi connectivity index (χ0v) is 16.5. The van der Waals surface area contributed by atoms with Crippen molar-refractivity contribution in [2.45, 2.75) is 12.6 Å². The highest BCUT2D eigenvalue weighted by Gasteiger charge is 2.29. The van der Waals surface area contributed by atoms with Gasteiger partial charge in [0, 0.05) is 25.2 Å². The summed E-state index contributed by atoms with van der Waals surface area (Å²) in [7, 11) is 0. The number of nitrogens with zero attached hydrogens (tertiary/aromatic N) is 1. The van der Waals surface area contributed by atoms with E-state index in [4.69, 9.17) is 9.47 Å². The lowest BCUT2D eigenvalue weighted by molar-refractivity contribution is -0.137. The Kier molecular flexibility index (Phi) is 7.65. The first-order chi connectivity index (χ1) is 14.4. The molecule has 0 amide bonds. The van der Waals surface area contributed by atoms with Crippen molar-refractivity contribution in [3.63, 3.8) is 0 Å². The van der Waals surface area contributed by atoms with Gasteiger partial charge >= 0.3 is 6.18 Å². The molecular formula is C23H24F3NO3. The first-order valence-corrected chi connectivity index (χ1v) is 9.84. The standard InChI is InChI=1S/C23H24F3NO3/c24-23(25,26)20-7-2-18(3-8-20)4-11-22(28)19-5-9-21(10-6-19)30-15-1-12-27-13-16-29-17-14-27/h2-11H,1,12-17H2. The highest BCUT2D eigenvalue weighted by molar-refractivity contribution is 6.06. The van der Waals surface area contributed by atoms with E-state index in [0.29, 0.717) is 23.5 Å². The van der Waals surface area contributed by atoms with Crippen molar-refractivity contribution in [1.82, 2.24) is 4.90 Å². The molecule has 2 aromatic rings. The molecule has 0 unspecified atom stereocenters. The third-order valence-corrected chi connectivity index (χ3v) is 4.80. The molecule has 1 heterocycles. The normalized spacial score (nSPS) is 15.4. The number of hydrogen-bond donors (Lipinski definition) is 0. The Labute approximate surface area is 173 Å². The van der Waals surface area contributed by atoms with E-state index < -0.39 is 11.7 Å². The van der Waals surface area contributed by atoms with Crippen LogP contribution in [0.5, 0.6) is 5.75 Å². The smallest absolute Gasteiger partial charge is 0.416 e. The number of morpholine rings is 1. The summed E-state index contributed by atoms with van der Waals surface area (Å²) in [4.78, 5) is 14.6. The minimum Gasteiger partial charge on any atom is -0.494 e. The minimum absolute atomic E-state index is 0.228. The fraction of sp³-hybridized carbons (Fsp3) is 0.348. The van der Waals surface area contributed by atoms with Crippen LogP contribution in [0.25, 0.3) is 6.08 Å². The maximum atomic E-state index is 12.6. The molecule has 1 fully saturated rings. The van der Waals surface area contributed by atoms with Crippen molar-refractivity contribution in [3.8, 4) is 5.75 Å². The molecule has 0 aromatic heterocycles. The molecule has 0 bridgehead atoms. The Hall–Kier alpha value is -2.64. The molecule has 0 saturated carbocycles. The number of halogens is 3. The van der Waals surface area contributed by atoms with Crippen molar-refractivity contribution in [2.75, 3.05) is 39.5 Å². The van der Waals surface area contributed by atoms with Crippen LogP contribution in [-0.4, -0.2) is 50.1 Å². The van der Waals surface area contributed by atoms with Crippen LogP contribution in [0.4, 0.5) is 13.2 Å². The molecule has 2 aromatic carbocycles. The van der Waals surface area contributed by atoms with Crippen molar-refractivity contribution >= 4 is 11.9 Å². The molecule has 30 heavy (non-hydrogen) atoms. The maximum Gasteiger partial charge on any atom is 0.416 e. The van der Waals surface area contributed by atoms with Crippen LogP contribution >= 0.6 is 0 Å². The van der Waals surface area contributed by atoms with E-state index in [0.717, 1.165) is 51.4 Å². The highest BCUT2D eigenvalue weighted by atomic mass is 19.4.